The van der Waals surface area contributed by atoms with Crippen molar-refractivity contribution in [3.63, 3.8) is 0 Å². The number of esters is 1. The summed E-state index contributed by atoms with van der Waals surface area (Å²) < 4.78 is 10.7. The Bertz CT molecular complexity index is 1270. The number of ether oxygens (including phenoxy) is 2. The van der Waals surface area contributed by atoms with Gasteiger partial charge >= 0.3 is 5.97 Å². The molecule has 0 heterocycles. The van der Waals surface area contributed by atoms with E-state index in [0.29, 0.717) is 17.2 Å². The van der Waals surface area contributed by atoms with Gasteiger partial charge in [0.25, 0.3) is 11.6 Å². The van der Waals surface area contributed by atoms with Crippen LogP contribution in [0.2, 0.25) is 0 Å². The number of benzene rings is 3. The molecule has 2 N–H and O–H groups in total. The molecule has 0 spiro atoms. The second-order valence-corrected chi connectivity index (χ2v) is 7.94. The number of nitrogens with one attached hydrogen (secondary N) is 2. The minimum absolute atomic E-state index is 0.133. The van der Waals surface area contributed by atoms with Gasteiger partial charge < -0.3 is 20.1 Å². The summed E-state index contributed by atoms with van der Waals surface area (Å²) in [6, 6.07) is 18.0. The maximum atomic E-state index is 12.1. The largest absolute Gasteiger partial charge is 0.457 e. The van der Waals surface area contributed by atoms with Gasteiger partial charge in [0.1, 0.15) is 11.5 Å². The van der Waals surface area contributed by atoms with Crippen molar-refractivity contribution < 1.29 is 28.8 Å². The molecule has 3 rings (SSSR count). The van der Waals surface area contributed by atoms with E-state index in [1.807, 2.05) is 32.0 Å². The molecule has 186 valence electrons. The number of nitro groups is 1. The zero-order valence-corrected chi connectivity index (χ0v) is 19.8. The van der Waals surface area contributed by atoms with Crippen LogP contribution in [0.3, 0.4) is 0 Å². The SMILES string of the molecule is Cc1ccc(Oc2ccc(NC(=O)CCC(=O)OCC(=O)Nc3cccc([N+](=O)[O-])c3)cc2)cc1C. The molecule has 3 aromatic carbocycles. The number of nitrogens with zero attached hydrogens (tertiary/aromatic N) is 1. The summed E-state index contributed by atoms with van der Waals surface area (Å²) in [4.78, 5) is 46.1. The number of hydrogen-bond donors (Lipinski definition) is 2. The lowest BCUT2D eigenvalue weighted by Gasteiger charge is -2.10. The lowest BCUT2D eigenvalue weighted by molar-refractivity contribution is -0.384. The summed E-state index contributed by atoms with van der Waals surface area (Å²) in [7, 11) is 0. The van der Waals surface area contributed by atoms with Crippen LogP contribution >= 0.6 is 0 Å². The molecule has 2 amide bonds. The first-order chi connectivity index (χ1) is 17.2. The third-order valence-corrected chi connectivity index (χ3v) is 5.11. The van der Waals surface area contributed by atoms with Crippen LogP contribution in [0.25, 0.3) is 0 Å². The lowest BCUT2D eigenvalue weighted by atomic mass is 10.1. The molecule has 0 aromatic heterocycles. The highest BCUT2D eigenvalue weighted by Crippen LogP contribution is 2.25. The fraction of sp³-hybridized carbons (Fsp3) is 0.192. The van der Waals surface area contributed by atoms with Gasteiger partial charge in [-0.05, 0) is 67.4 Å². The monoisotopic (exact) mass is 491 g/mol. The minimum atomic E-state index is -0.725. The molecule has 0 bridgehead atoms. The highest BCUT2D eigenvalue weighted by Gasteiger charge is 2.12. The molecule has 0 aliphatic carbocycles. The standard InChI is InChI=1S/C26H25N3O7/c1-17-6-9-23(14-18(17)2)36-22-10-7-19(8-11-22)27-24(30)12-13-26(32)35-16-25(31)28-20-4-3-5-21(15-20)29(33)34/h3-11,14-15H,12-13,16H2,1-2H3,(H,27,30)(H,28,31). The predicted molar refractivity (Wildman–Crippen MR) is 133 cm³/mol. The molecule has 0 fully saturated rings. The molecule has 0 aliphatic rings. The van der Waals surface area contributed by atoms with Gasteiger partial charge in [0.15, 0.2) is 6.61 Å². The van der Waals surface area contributed by atoms with Gasteiger partial charge in [-0.1, -0.05) is 12.1 Å². The zero-order valence-electron chi connectivity index (χ0n) is 19.8. The molecule has 0 saturated heterocycles. The average molecular weight is 492 g/mol. The number of hydrogen-bond acceptors (Lipinski definition) is 7. The number of nitro benzene ring substituents is 1. The van der Waals surface area contributed by atoms with Crippen LogP contribution in [0.4, 0.5) is 17.1 Å². The van der Waals surface area contributed by atoms with Gasteiger partial charge in [-0.2, -0.15) is 0 Å². The number of anilines is 2. The topological polar surface area (TPSA) is 137 Å². The van der Waals surface area contributed by atoms with E-state index in [9.17, 15) is 24.5 Å². The molecular formula is C26H25N3O7. The molecule has 0 aliphatic heterocycles. The van der Waals surface area contributed by atoms with Gasteiger partial charge in [0.05, 0.1) is 11.3 Å². The molecule has 36 heavy (non-hydrogen) atoms. The van der Waals surface area contributed by atoms with Gasteiger partial charge in [0.2, 0.25) is 5.91 Å². The average Bonchev–Trinajstić information content (AvgIpc) is 2.85. The molecule has 0 radical (unpaired) electrons. The van der Waals surface area contributed by atoms with Crippen LogP contribution in [-0.4, -0.2) is 29.3 Å². The van der Waals surface area contributed by atoms with Crippen molar-refractivity contribution in [2.45, 2.75) is 26.7 Å². The first kappa shape index (κ1) is 25.9. The Morgan fingerprint density at radius 1 is 0.806 bits per heavy atom. The number of aryl methyl sites for hydroxylation is 2. The van der Waals surface area contributed by atoms with Crippen LogP contribution < -0.4 is 15.4 Å². The maximum Gasteiger partial charge on any atom is 0.306 e. The molecule has 3 aromatic rings. The Morgan fingerprint density at radius 3 is 2.19 bits per heavy atom. The van der Waals surface area contributed by atoms with Gasteiger partial charge in [-0.25, -0.2) is 0 Å². The Kier molecular flexibility index (Phi) is 8.71. The number of amides is 2. The second-order valence-electron chi connectivity index (χ2n) is 7.94. The lowest BCUT2D eigenvalue weighted by Crippen LogP contribution is -2.21. The van der Waals surface area contributed by atoms with Crippen molar-refractivity contribution in [2.75, 3.05) is 17.2 Å². The van der Waals surface area contributed by atoms with Crippen molar-refractivity contribution in [1.29, 1.82) is 0 Å². The first-order valence-electron chi connectivity index (χ1n) is 11.0. The van der Waals surface area contributed by atoms with E-state index in [1.165, 1.54) is 29.8 Å². The third kappa shape index (κ3) is 7.94. The van der Waals surface area contributed by atoms with Crippen LogP contribution in [0.15, 0.2) is 66.7 Å². The van der Waals surface area contributed by atoms with Gasteiger partial charge in [-0.3, -0.25) is 24.5 Å². The minimum Gasteiger partial charge on any atom is -0.457 e. The van der Waals surface area contributed by atoms with Crippen molar-refractivity contribution in [3.05, 3.63) is 88.0 Å². The highest BCUT2D eigenvalue weighted by molar-refractivity contribution is 5.94. The molecule has 0 saturated carbocycles. The summed E-state index contributed by atoms with van der Waals surface area (Å²) in [5, 5.41) is 15.9. The summed E-state index contributed by atoms with van der Waals surface area (Å²) in [6.07, 6.45) is -0.351. The van der Waals surface area contributed by atoms with Crippen LogP contribution in [0.1, 0.15) is 24.0 Å². The van der Waals surface area contributed by atoms with E-state index in [1.54, 1.807) is 24.3 Å². The summed E-state index contributed by atoms with van der Waals surface area (Å²) in [6.45, 7) is 3.45. The third-order valence-electron chi connectivity index (χ3n) is 5.11. The van der Waals surface area contributed by atoms with E-state index in [2.05, 4.69) is 10.6 Å². The van der Waals surface area contributed by atoms with E-state index in [0.717, 1.165) is 5.56 Å². The fourth-order valence-corrected chi connectivity index (χ4v) is 3.07. The second kappa shape index (κ2) is 12.1. The molecule has 0 atom stereocenters. The summed E-state index contributed by atoms with van der Waals surface area (Å²) in [5.74, 6) is -0.445. The van der Waals surface area contributed by atoms with Gasteiger partial charge in [-0.15, -0.1) is 0 Å². The quantitative estimate of drug-likeness (QED) is 0.234. The van der Waals surface area contributed by atoms with Crippen LogP contribution in [0, 0.1) is 24.0 Å². The smallest absolute Gasteiger partial charge is 0.306 e. The summed E-state index contributed by atoms with van der Waals surface area (Å²) in [5.41, 5.74) is 2.86. The van der Waals surface area contributed by atoms with E-state index in [4.69, 9.17) is 9.47 Å². The molecule has 10 nitrogen and oxygen atoms in total. The van der Waals surface area contributed by atoms with Crippen LogP contribution in [0.5, 0.6) is 11.5 Å². The number of rotatable bonds is 10. The Morgan fingerprint density at radius 2 is 1.50 bits per heavy atom. The molecule has 10 heteroatoms. The molecular weight excluding hydrogens is 466 g/mol. The number of non-ortho nitro benzene ring substituents is 1. The molecule has 0 unspecified atom stereocenters. The summed E-state index contributed by atoms with van der Waals surface area (Å²) >= 11 is 0. The number of carbonyl (C=O) groups excluding carboxylic acids is 3. The van der Waals surface area contributed by atoms with Crippen molar-refractivity contribution in [3.8, 4) is 11.5 Å². The van der Waals surface area contributed by atoms with Crippen molar-refractivity contribution in [1.82, 2.24) is 0 Å². The maximum absolute atomic E-state index is 12.1. The van der Waals surface area contributed by atoms with E-state index >= 15 is 0 Å². The Hall–Kier alpha value is -4.73. The first-order valence-corrected chi connectivity index (χ1v) is 11.0. The zero-order chi connectivity index (χ0) is 26.1. The van der Waals surface area contributed by atoms with Crippen molar-refractivity contribution in [2.24, 2.45) is 0 Å². The Labute approximate surface area is 207 Å². The number of carbonyl (C=O) groups is 3. The van der Waals surface area contributed by atoms with E-state index in [-0.39, 0.29) is 24.2 Å². The predicted octanol–water partition coefficient (Wildman–Crippen LogP) is 4.90. The van der Waals surface area contributed by atoms with E-state index < -0.39 is 29.3 Å². The van der Waals surface area contributed by atoms with Gasteiger partial charge in [0, 0.05) is 29.9 Å². The fourth-order valence-electron chi connectivity index (χ4n) is 3.07. The Balaban J connectivity index is 1.38. The highest BCUT2D eigenvalue weighted by atomic mass is 16.6. The normalized spacial score (nSPS) is 10.3. The van der Waals surface area contributed by atoms with Crippen LogP contribution in [-0.2, 0) is 19.1 Å². The van der Waals surface area contributed by atoms with Crippen molar-refractivity contribution >= 4 is 34.8 Å².